The molecule has 0 unspecified atom stereocenters. The van der Waals surface area contributed by atoms with Gasteiger partial charge in [0.25, 0.3) is 0 Å². The first-order valence-corrected chi connectivity index (χ1v) is 7.53. The summed E-state index contributed by atoms with van der Waals surface area (Å²) in [7, 11) is 0. The summed E-state index contributed by atoms with van der Waals surface area (Å²) in [6.07, 6.45) is 0. The molecule has 22 heavy (non-hydrogen) atoms. The Morgan fingerprint density at radius 1 is 1.36 bits per heavy atom. The van der Waals surface area contributed by atoms with E-state index in [9.17, 15) is 10.1 Å². The molecule has 0 aliphatic rings. The monoisotopic (exact) mass is 318 g/mol. The average Bonchev–Trinajstić information content (AvgIpc) is 3.11. The summed E-state index contributed by atoms with van der Waals surface area (Å²) in [4.78, 5) is 15.1. The summed E-state index contributed by atoms with van der Waals surface area (Å²) in [5.41, 5.74) is 1.82. The van der Waals surface area contributed by atoms with E-state index in [1.807, 2.05) is 24.4 Å². The van der Waals surface area contributed by atoms with Gasteiger partial charge in [-0.05, 0) is 32.9 Å². The quantitative estimate of drug-likeness (QED) is 0.543. The third-order valence-corrected chi connectivity index (χ3v) is 4.25. The van der Waals surface area contributed by atoms with Crippen molar-refractivity contribution in [2.75, 3.05) is 0 Å². The van der Waals surface area contributed by atoms with Gasteiger partial charge in [-0.15, -0.1) is 11.3 Å². The van der Waals surface area contributed by atoms with Crippen LogP contribution in [0.3, 0.4) is 0 Å². The van der Waals surface area contributed by atoms with Crippen LogP contribution >= 0.6 is 11.3 Å². The van der Waals surface area contributed by atoms with Crippen LogP contribution in [0.4, 0.5) is 5.69 Å². The fourth-order valence-corrected chi connectivity index (χ4v) is 3.07. The molecule has 0 amide bonds. The molecule has 3 heterocycles. The molecule has 0 N–H and O–H groups in total. The summed E-state index contributed by atoms with van der Waals surface area (Å²) in [6.45, 7) is 5.62. The maximum absolute atomic E-state index is 11.0. The second kappa shape index (κ2) is 5.38. The number of rotatable bonds is 4. The summed E-state index contributed by atoms with van der Waals surface area (Å²) in [5, 5.41) is 18.0. The zero-order chi connectivity index (χ0) is 15.9. The van der Waals surface area contributed by atoms with Crippen LogP contribution in [0.15, 0.2) is 21.9 Å². The molecule has 0 saturated heterocycles. The number of nitro groups is 1. The van der Waals surface area contributed by atoms with Crippen LogP contribution in [0.1, 0.15) is 22.8 Å². The predicted molar refractivity (Wildman–Crippen MR) is 82.0 cm³/mol. The number of aryl methyl sites for hydroxylation is 2. The van der Waals surface area contributed by atoms with E-state index >= 15 is 0 Å². The molecule has 3 aromatic rings. The number of hydrogen-bond donors (Lipinski definition) is 0. The van der Waals surface area contributed by atoms with Gasteiger partial charge in [0.2, 0.25) is 0 Å². The van der Waals surface area contributed by atoms with Crippen LogP contribution in [-0.4, -0.2) is 19.7 Å². The van der Waals surface area contributed by atoms with Gasteiger partial charge in [-0.1, -0.05) is 0 Å². The van der Waals surface area contributed by atoms with Gasteiger partial charge in [-0.2, -0.15) is 5.10 Å². The third kappa shape index (κ3) is 2.52. The van der Waals surface area contributed by atoms with Gasteiger partial charge in [0.15, 0.2) is 10.8 Å². The fourth-order valence-electron chi connectivity index (χ4n) is 2.30. The van der Waals surface area contributed by atoms with Crippen LogP contribution in [0.2, 0.25) is 0 Å². The summed E-state index contributed by atoms with van der Waals surface area (Å²) < 4.78 is 7.16. The maximum atomic E-state index is 11.0. The summed E-state index contributed by atoms with van der Waals surface area (Å²) in [5.74, 6) is 1.56. The van der Waals surface area contributed by atoms with Crippen molar-refractivity contribution in [2.45, 2.75) is 27.3 Å². The van der Waals surface area contributed by atoms with Crippen molar-refractivity contribution in [3.05, 3.63) is 50.5 Å². The zero-order valence-electron chi connectivity index (χ0n) is 12.4. The van der Waals surface area contributed by atoms with Crippen molar-refractivity contribution in [3.8, 4) is 10.8 Å². The minimum Gasteiger partial charge on any atom is -0.459 e. The van der Waals surface area contributed by atoms with Crippen molar-refractivity contribution in [1.29, 1.82) is 0 Å². The van der Waals surface area contributed by atoms with E-state index < -0.39 is 4.92 Å². The summed E-state index contributed by atoms with van der Waals surface area (Å²) >= 11 is 1.48. The Morgan fingerprint density at radius 3 is 2.73 bits per heavy atom. The molecule has 0 spiro atoms. The molecule has 0 radical (unpaired) electrons. The highest BCUT2D eigenvalue weighted by Crippen LogP contribution is 2.27. The van der Waals surface area contributed by atoms with Gasteiger partial charge in [-0.25, -0.2) is 4.98 Å². The molecule has 3 aromatic heterocycles. The fraction of sp³-hybridized carbons (Fsp3) is 0.286. The van der Waals surface area contributed by atoms with Crippen LogP contribution in [0.25, 0.3) is 10.8 Å². The molecular weight excluding hydrogens is 304 g/mol. The molecule has 0 fully saturated rings. The second-order valence-electron chi connectivity index (χ2n) is 4.99. The molecule has 3 rings (SSSR count). The van der Waals surface area contributed by atoms with E-state index in [2.05, 4.69) is 10.1 Å². The number of aromatic nitrogens is 3. The molecule has 0 saturated carbocycles. The first-order chi connectivity index (χ1) is 10.5. The number of furan rings is 1. The molecule has 114 valence electrons. The van der Waals surface area contributed by atoms with Crippen LogP contribution < -0.4 is 0 Å². The first-order valence-electron chi connectivity index (χ1n) is 6.65. The minimum absolute atomic E-state index is 0.0668. The Bertz CT molecular complexity index is 846. The predicted octanol–water partition coefficient (Wildman–Crippen LogP) is 3.48. The highest BCUT2D eigenvalue weighted by molar-refractivity contribution is 7.13. The smallest absolute Gasteiger partial charge is 0.312 e. The topological polar surface area (TPSA) is 87.0 Å². The second-order valence-corrected chi connectivity index (χ2v) is 5.85. The molecule has 0 aliphatic carbocycles. The van der Waals surface area contributed by atoms with E-state index in [1.165, 1.54) is 11.3 Å². The lowest BCUT2D eigenvalue weighted by Crippen LogP contribution is -2.04. The average molecular weight is 318 g/mol. The highest BCUT2D eigenvalue weighted by atomic mass is 32.1. The zero-order valence-corrected chi connectivity index (χ0v) is 13.2. The number of hydrogen-bond acceptors (Lipinski definition) is 6. The van der Waals surface area contributed by atoms with Crippen molar-refractivity contribution < 1.29 is 9.34 Å². The molecule has 0 bridgehead atoms. The van der Waals surface area contributed by atoms with Crippen molar-refractivity contribution >= 4 is 17.0 Å². The Kier molecular flexibility index (Phi) is 3.53. The molecule has 7 nitrogen and oxygen atoms in total. The number of nitrogens with zero attached hydrogens (tertiary/aromatic N) is 4. The number of thiazole rings is 1. The van der Waals surface area contributed by atoms with Gasteiger partial charge >= 0.3 is 5.69 Å². The SMILES string of the molecule is Cc1ccc(-c2nc(Cn3nc(C)c([N+](=O)[O-])c3C)cs2)o1. The Labute approximate surface area is 130 Å². The Balaban J connectivity index is 1.87. The lowest BCUT2D eigenvalue weighted by molar-refractivity contribution is -0.386. The van der Waals surface area contributed by atoms with Crippen LogP contribution in [0.5, 0.6) is 0 Å². The molecule has 0 aromatic carbocycles. The first kappa shape index (κ1) is 14.5. The van der Waals surface area contributed by atoms with E-state index in [0.29, 0.717) is 17.9 Å². The van der Waals surface area contributed by atoms with E-state index in [1.54, 1.807) is 18.5 Å². The third-order valence-electron chi connectivity index (χ3n) is 3.34. The van der Waals surface area contributed by atoms with Crippen molar-refractivity contribution in [3.63, 3.8) is 0 Å². The standard InChI is InChI=1S/C14H14N4O3S/c1-8-4-5-12(21-8)14-15-11(7-22-14)6-17-10(3)13(18(19)20)9(2)16-17/h4-5,7H,6H2,1-3H3. The van der Waals surface area contributed by atoms with Crippen molar-refractivity contribution in [1.82, 2.24) is 14.8 Å². The van der Waals surface area contributed by atoms with E-state index in [0.717, 1.165) is 22.2 Å². The Hall–Kier alpha value is -2.48. The van der Waals surface area contributed by atoms with E-state index in [4.69, 9.17) is 4.42 Å². The molecule has 0 atom stereocenters. The van der Waals surface area contributed by atoms with Crippen LogP contribution in [-0.2, 0) is 6.54 Å². The van der Waals surface area contributed by atoms with Gasteiger partial charge in [-0.3, -0.25) is 14.8 Å². The van der Waals surface area contributed by atoms with Gasteiger partial charge < -0.3 is 4.42 Å². The normalized spacial score (nSPS) is 11.0. The lowest BCUT2D eigenvalue weighted by Gasteiger charge is -2.00. The maximum Gasteiger partial charge on any atom is 0.312 e. The summed E-state index contributed by atoms with van der Waals surface area (Å²) in [6, 6.07) is 3.77. The molecule has 8 heteroatoms. The van der Waals surface area contributed by atoms with Gasteiger partial charge in [0.1, 0.15) is 17.1 Å². The largest absolute Gasteiger partial charge is 0.459 e. The highest BCUT2D eigenvalue weighted by Gasteiger charge is 2.22. The Morgan fingerprint density at radius 2 is 2.14 bits per heavy atom. The lowest BCUT2D eigenvalue weighted by atomic mass is 10.3. The minimum atomic E-state index is -0.397. The van der Waals surface area contributed by atoms with Crippen molar-refractivity contribution in [2.24, 2.45) is 0 Å². The van der Waals surface area contributed by atoms with Gasteiger partial charge in [0, 0.05) is 5.38 Å². The molecule has 0 aliphatic heterocycles. The molecular formula is C14H14N4O3S. The van der Waals surface area contributed by atoms with Crippen LogP contribution in [0, 0.1) is 30.9 Å². The van der Waals surface area contributed by atoms with E-state index in [-0.39, 0.29) is 5.69 Å². The van der Waals surface area contributed by atoms with Gasteiger partial charge in [0.05, 0.1) is 17.2 Å².